The van der Waals surface area contributed by atoms with Crippen molar-refractivity contribution in [3.8, 4) is 11.3 Å². The average Bonchev–Trinajstić information content (AvgIpc) is 2.98. The predicted octanol–water partition coefficient (Wildman–Crippen LogP) is 4.60. The van der Waals surface area contributed by atoms with Gasteiger partial charge in [-0.25, -0.2) is 4.98 Å². The maximum atomic E-state index is 12.2. The Bertz CT molecular complexity index is 858. The normalized spacial score (nSPS) is 12.3. The van der Waals surface area contributed by atoms with Crippen LogP contribution >= 0.6 is 23.1 Å². The summed E-state index contributed by atoms with van der Waals surface area (Å²) in [5.74, 6) is 0.890. The standard InChI is InChI=1S/C18H14N2OS2/c21-16(10-12-6-2-1-3-7-12)19-18-20-17-13-8-4-5-9-14(13)22-11-15(17)23-18/h1-9H,10-11H2,(H,19,20,21). The molecule has 114 valence electrons. The molecule has 1 aromatic heterocycles. The van der Waals surface area contributed by atoms with E-state index in [0.29, 0.717) is 11.6 Å². The van der Waals surface area contributed by atoms with Crippen LogP contribution in [0, 0.1) is 0 Å². The molecular formula is C18H14N2OS2. The Hall–Kier alpha value is -2.11. The van der Waals surface area contributed by atoms with Gasteiger partial charge < -0.3 is 5.32 Å². The van der Waals surface area contributed by atoms with Crippen LogP contribution in [0.1, 0.15) is 10.4 Å². The van der Waals surface area contributed by atoms with Crippen molar-refractivity contribution in [1.82, 2.24) is 4.98 Å². The van der Waals surface area contributed by atoms with Crippen molar-refractivity contribution in [2.45, 2.75) is 17.1 Å². The number of thiazole rings is 1. The molecule has 4 rings (SSSR count). The first kappa shape index (κ1) is 14.5. The van der Waals surface area contributed by atoms with Gasteiger partial charge in [0.05, 0.1) is 12.1 Å². The van der Waals surface area contributed by atoms with Gasteiger partial charge in [-0.1, -0.05) is 48.5 Å². The Morgan fingerprint density at radius 2 is 1.87 bits per heavy atom. The largest absolute Gasteiger partial charge is 0.302 e. The number of nitrogens with one attached hydrogen (secondary N) is 1. The van der Waals surface area contributed by atoms with Crippen molar-refractivity contribution in [2.75, 3.05) is 5.32 Å². The molecule has 1 N–H and O–H groups in total. The van der Waals surface area contributed by atoms with E-state index >= 15 is 0 Å². The van der Waals surface area contributed by atoms with E-state index < -0.39 is 0 Å². The summed E-state index contributed by atoms with van der Waals surface area (Å²) in [5.41, 5.74) is 3.19. The van der Waals surface area contributed by atoms with Crippen molar-refractivity contribution in [1.29, 1.82) is 0 Å². The van der Waals surface area contributed by atoms with Gasteiger partial charge >= 0.3 is 0 Å². The predicted molar refractivity (Wildman–Crippen MR) is 95.9 cm³/mol. The highest BCUT2D eigenvalue weighted by atomic mass is 32.2. The average molecular weight is 338 g/mol. The third kappa shape index (κ3) is 3.02. The van der Waals surface area contributed by atoms with Gasteiger partial charge in [-0.05, 0) is 11.6 Å². The molecule has 3 nitrogen and oxygen atoms in total. The van der Waals surface area contributed by atoms with Crippen molar-refractivity contribution in [2.24, 2.45) is 0 Å². The zero-order valence-corrected chi connectivity index (χ0v) is 13.9. The Morgan fingerprint density at radius 3 is 2.74 bits per heavy atom. The summed E-state index contributed by atoms with van der Waals surface area (Å²) < 4.78 is 0. The zero-order chi connectivity index (χ0) is 15.6. The molecule has 2 aromatic carbocycles. The number of anilines is 1. The first-order valence-corrected chi connectivity index (χ1v) is 9.15. The number of fused-ring (bicyclic) bond motifs is 3. The maximum Gasteiger partial charge on any atom is 0.230 e. The summed E-state index contributed by atoms with van der Waals surface area (Å²) in [5, 5.41) is 3.63. The molecule has 2 heterocycles. The van der Waals surface area contributed by atoms with Gasteiger partial charge in [0.2, 0.25) is 5.91 Å². The summed E-state index contributed by atoms with van der Waals surface area (Å²) in [7, 11) is 0. The van der Waals surface area contributed by atoms with Crippen LogP contribution in [0.5, 0.6) is 0 Å². The van der Waals surface area contributed by atoms with Crippen LogP contribution in [0.25, 0.3) is 11.3 Å². The van der Waals surface area contributed by atoms with Crippen molar-refractivity contribution < 1.29 is 4.79 Å². The van der Waals surface area contributed by atoms with Gasteiger partial charge in [-0.3, -0.25) is 4.79 Å². The van der Waals surface area contributed by atoms with Crippen LogP contribution in [-0.2, 0) is 17.0 Å². The highest BCUT2D eigenvalue weighted by molar-refractivity contribution is 7.98. The number of nitrogens with zero attached hydrogens (tertiary/aromatic N) is 1. The molecule has 1 amide bonds. The fourth-order valence-electron chi connectivity index (χ4n) is 2.59. The van der Waals surface area contributed by atoms with Crippen LogP contribution in [0.2, 0.25) is 0 Å². The van der Waals surface area contributed by atoms with E-state index in [1.165, 1.54) is 15.3 Å². The molecule has 0 saturated heterocycles. The Balaban J connectivity index is 1.54. The molecule has 1 aliphatic rings. The maximum absolute atomic E-state index is 12.2. The minimum atomic E-state index is -0.0248. The van der Waals surface area contributed by atoms with E-state index in [-0.39, 0.29) is 5.91 Å². The number of amides is 1. The second-order valence-electron chi connectivity index (χ2n) is 5.29. The number of benzene rings is 2. The molecule has 5 heteroatoms. The molecule has 0 atom stereocenters. The fraction of sp³-hybridized carbons (Fsp3) is 0.111. The minimum Gasteiger partial charge on any atom is -0.302 e. The van der Waals surface area contributed by atoms with Crippen molar-refractivity contribution >= 4 is 34.1 Å². The molecule has 23 heavy (non-hydrogen) atoms. The number of hydrogen-bond donors (Lipinski definition) is 1. The number of hydrogen-bond acceptors (Lipinski definition) is 4. The quantitative estimate of drug-likeness (QED) is 0.759. The Morgan fingerprint density at radius 1 is 1.09 bits per heavy atom. The summed E-state index contributed by atoms with van der Waals surface area (Å²) in [6.45, 7) is 0. The van der Waals surface area contributed by atoms with E-state index in [9.17, 15) is 4.79 Å². The lowest BCUT2D eigenvalue weighted by molar-refractivity contribution is -0.115. The van der Waals surface area contributed by atoms with Crippen LogP contribution in [-0.4, -0.2) is 10.9 Å². The lowest BCUT2D eigenvalue weighted by Crippen LogP contribution is -2.14. The van der Waals surface area contributed by atoms with Crippen molar-refractivity contribution in [3.63, 3.8) is 0 Å². The molecule has 0 fully saturated rings. The highest BCUT2D eigenvalue weighted by Crippen LogP contribution is 2.44. The summed E-state index contributed by atoms with van der Waals surface area (Å²) in [6, 6.07) is 18.0. The monoisotopic (exact) mass is 338 g/mol. The van der Waals surface area contributed by atoms with Crippen molar-refractivity contribution in [3.05, 3.63) is 65.0 Å². The van der Waals surface area contributed by atoms with Gasteiger partial charge in [0.15, 0.2) is 5.13 Å². The van der Waals surface area contributed by atoms with Gasteiger partial charge in [0.1, 0.15) is 0 Å². The molecule has 3 aromatic rings. The summed E-state index contributed by atoms with van der Waals surface area (Å²) in [4.78, 5) is 19.3. The molecule has 0 spiro atoms. The molecule has 0 radical (unpaired) electrons. The third-order valence-electron chi connectivity index (χ3n) is 3.65. The minimum absolute atomic E-state index is 0.0248. The van der Waals surface area contributed by atoms with E-state index in [4.69, 9.17) is 0 Å². The summed E-state index contributed by atoms with van der Waals surface area (Å²) >= 11 is 3.40. The topological polar surface area (TPSA) is 42.0 Å². The second kappa shape index (κ2) is 6.18. The number of aromatic nitrogens is 1. The number of carbonyl (C=O) groups is 1. The van der Waals surface area contributed by atoms with Gasteiger partial charge in [-0.2, -0.15) is 0 Å². The first-order chi connectivity index (χ1) is 11.3. The molecular weight excluding hydrogens is 324 g/mol. The second-order valence-corrected chi connectivity index (χ2v) is 7.39. The van der Waals surface area contributed by atoms with E-state index in [0.717, 1.165) is 17.0 Å². The Labute approximate surface area is 142 Å². The molecule has 0 aliphatic carbocycles. The SMILES string of the molecule is O=C(Cc1ccccc1)Nc1nc2c(s1)CSc1ccccc1-2. The van der Waals surface area contributed by atoms with E-state index in [1.54, 1.807) is 11.3 Å². The number of thioether (sulfide) groups is 1. The number of carbonyl (C=O) groups excluding carboxylic acids is 1. The van der Waals surface area contributed by atoms with Gasteiger partial charge in [0.25, 0.3) is 0 Å². The van der Waals surface area contributed by atoms with Crippen LogP contribution in [0.15, 0.2) is 59.5 Å². The molecule has 0 saturated carbocycles. The van der Waals surface area contributed by atoms with Gasteiger partial charge in [-0.15, -0.1) is 23.1 Å². The smallest absolute Gasteiger partial charge is 0.230 e. The fourth-order valence-corrected chi connectivity index (χ4v) is 4.71. The van der Waals surface area contributed by atoms with Crippen LogP contribution in [0.4, 0.5) is 5.13 Å². The molecule has 0 bridgehead atoms. The van der Waals surface area contributed by atoms with Crippen LogP contribution < -0.4 is 5.32 Å². The molecule has 0 unspecified atom stereocenters. The van der Waals surface area contributed by atoms with Gasteiger partial charge in [0, 0.05) is 21.1 Å². The molecule has 1 aliphatic heterocycles. The Kier molecular flexibility index (Phi) is 3.89. The van der Waals surface area contributed by atoms with E-state index in [2.05, 4.69) is 22.4 Å². The van der Waals surface area contributed by atoms with Crippen LogP contribution in [0.3, 0.4) is 0 Å². The third-order valence-corrected chi connectivity index (χ3v) is 5.91. The lowest BCUT2D eigenvalue weighted by Gasteiger charge is -2.13. The zero-order valence-electron chi connectivity index (χ0n) is 12.3. The highest BCUT2D eigenvalue weighted by Gasteiger charge is 2.21. The first-order valence-electron chi connectivity index (χ1n) is 7.35. The summed E-state index contributed by atoms with van der Waals surface area (Å²) in [6.07, 6.45) is 0.371. The van der Waals surface area contributed by atoms with E-state index in [1.807, 2.05) is 54.2 Å². The number of rotatable bonds is 3. The lowest BCUT2D eigenvalue weighted by atomic mass is 10.1.